The van der Waals surface area contributed by atoms with Crippen LogP contribution in [-0.2, 0) is 0 Å². The van der Waals surface area contributed by atoms with Crippen molar-refractivity contribution in [3.8, 4) is 6.07 Å². The number of nitrogens with zero attached hydrogens (tertiary/aromatic N) is 1. The van der Waals surface area contributed by atoms with Gasteiger partial charge < -0.3 is 11.1 Å². The molecule has 0 radical (unpaired) electrons. The molecule has 0 aromatic heterocycles. The summed E-state index contributed by atoms with van der Waals surface area (Å²) in [5, 5.41) is 11.6. The molecule has 2 aromatic carbocycles. The third kappa shape index (κ3) is 3.32. The summed E-state index contributed by atoms with van der Waals surface area (Å²) < 4.78 is 13.5. The molecule has 4 nitrogen and oxygen atoms in total. The van der Waals surface area contributed by atoms with Crippen molar-refractivity contribution in [1.82, 2.24) is 0 Å². The molecule has 3 N–H and O–H groups in total. The molecule has 0 fully saturated rings. The Balaban J connectivity index is 2.28. The van der Waals surface area contributed by atoms with E-state index >= 15 is 0 Å². The number of hydrogen-bond acceptors (Lipinski definition) is 3. The smallest absolute Gasteiger partial charge is 0.256 e. The number of nitrogen functional groups attached to an aromatic ring is 1. The van der Waals surface area contributed by atoms with Gasteiger partial charge in [-0.2, -0.15) is 5.26 Å². The number of nitriles is 1. The zero-order chi connectivity index (χ0) is 15.6. The number of nitrogens with two attached hydrogens (primary N) is 1. The normalized spacial score (nSPS) is 10.0. The van der Waals surface area contributed by atoms with Crippen LogP contribution in [0.4, 0.5) is 15.8 Å². The van der Waals surface area contributed by atoms with Crippen LogP contribution in [0.25, 0.3) is 0 Å². The van der Waals surface area contributed by atoms with E-state index in [1.54, 1.807) is 6.07 Å². The zero-order valence-electron chi connectivity index (χ0n) is 10.5. The van der Waals surface area contributed by atoms with E-state index in [1.807, 2.05) is 6.07 Å². The highest BCUT2D eigenvalue weighted by Crippen LogP contribution is 2.25. The van der Waals surface area contributed by atoms with Crippen LogP contribution in [0.5, 0.6) is 0 Å². The van der Waals surface area contributed by atoms with E-state index in [1.165, 1.54) is 18.2 Å². The van der Waals surface area contributed by atoms with Gasteiger partial charge in [0.05, 0.1) is 21.8 Å². The summed E-state index contributed by atoms with van der Waals surface area (Å²) in [6.07, 6.45) is 0. The average molecular weight is 369 g/mol. The number of rotatable bonds is 2. The summed E-state index contributed by atoms with van der Waals surface area (Å²) in [5.41, 5.74) is 6.24. The first-order chi connectivity index (χ1) is 9.92. The van der Waals surface area contributed by atoms with Gasteiger partial charge in [-0.25, -0.2) is 4.39 Å². The second-order valence-corrected chi connectivity index (χ2v) is 5.38. The van der Waals surface area contributed by atoms with Crippen molar-refractivity contribution in [2.45, 2.75) is 0 Å². The van der Waals surface area contributed by atoms with Crippen molar-refractivity contribution in [3.63, 3.8) is 0 Å². The molecular formula is C14H8BrClFN3O. The second kappa shape index (κ2) is 6.12. The summed E-state index contributed by atoms with van der Waals surface area (Å²) in [6, 6.07) is 8.77. The standard InChI is InChI=1S/C14H8BrClFN3O/c15-10-5-12(17)13(19)4-9(10)14(21)20-8-2-1-7(6-18)11(16)3-8/h1-5H,19H2,(H,20,21). The molecule has 0 unspecified atom stereocenters. The minimum absolute atomic E-state index is 0.124. The predicted molar refractivity (Wildman–Crippen MR) is 82.6 cm³/mol. The molecule has 21 heavy (non-hydrogen) atoms. The quantitative estimate of drug-likeness (QED) is 0.788. The number of carbonyl (C=O) groups is 1. The average Bonchev–Trinajstić information content (AvgIpc) is 2.43. The molecular weight excluding hydrogens is 361 g/mol. The van der Waals surface area contributed by atoms with Gasteiger partial charge in [0.1, 0.15) is 11.9 Å². The number of anilines is 2. The van der Waals surface area contributed by atoms with E-state index in [0.29, 0.717) is 11.3 Å². The number of halogens is 3. The topological polar surface area (TPSA) is 78.9 Å². The summed E-state index contributed by atoms with van der Waals surface area (Å²) in [6.45, 7) is 0. The van der Waals surface area contributed by atoms with E-state index in [9.17, 15) is 9.18 Å². The molecule has 0 aliphatic heterocycles. The van der Waals surface area contributed by atoms with E-state index in [2.05, 4.69) is 21.2 Å². The molecule has 2 rings (SSSR count). The second-order valence-electron chi connectivity index (χ2n) is 4.11. The third-order valence-corrected chi connectivity index (χ3v) is 3.65. The Labute approximate surface area is 133 Å². The number of hydrogen-bond donors (Lipinski definition) is 2. The van der Waals surface area contributed by atoms with Gasteiger partial charge in [0.2, 0.25) is 0 Å². The van der Waals surface area contributed by atoms with Gasteiger partial charge in [0, 0.05) is 10.2 Å². The van der Waals surface area contributed by atoms with Crippen molar-refractivity contribution in [2.24, 2.45) is 0 Å². The van der Waals surface area contributed by atoms with Crippen molar-refractivity contribution in [3.05, 3.63) is 56.8 Å². The van der Waals surface area contributed by atoms with Gasteiger partial charge in [-0.05, 0) is 46.3 Å². The minimum atomic E-state index is -0.611. The summed E-state index contributed by atoms with van der Waals surface area (Å²) in [7, 11) is 0. The highest BCUT2D eigenvalue weighted by molar-refractivity contribution is 9.10. The maximum Gasteiger partial charge on any atom is 0.256 e. The van der Waals surface area contributed by atoms with Crippen LogP contribution in [0.1, 0.15) is 15.9 Å². The fourth-order valence-corrected chi connectivity index (χ4v) is 2.34. The monoisotopic (exact) mass is 367 g/mol. The number of nitrogens with one attached hydrogen (secondary N) is 1. The molecule has 0 aliphatic carbocycles. The Hall–Kier alpha value is -2.10. The summed E-state index contributed by atoms with van der Waals surface area (Å²) in [5.74, 6) is -1.09. The minimum Gasteiger partial charge on any atom is -0.396 e. The predicted octanol–water partition coefficient (Wildman–Crippen LogP) is 3.95. The first kappa shape index (κ1) is 15.3. The van der Waals surface area contributed by atoms with Crippen molar-refractivity contribution in [1.29, 1.82) is 5.26 Å². The zero-order valence-corrected chi connectivity index (χ0v) is 12.8. The van der Waals surface area contributed by atoms with Crippen molar-refractivity contribution < 1.29 is 9.18 Å². The molecule has 2 aromatic rings. The van der Waals surface area contributed by atoms with Gasteiger partial charge in [-0.3, -0.25) is 4.79 Å². The fourth-order valence-electron chi connectivity index (χ4n) is 1.62. The van der Waals surface area contributed by atoms with Gasteiger partial charge in [-0.1, -0.05) is 11.6 Å². The molecule has 0 saturated carbocycles. The molecule has 106 valence electrons. The van der Waals surface area contributed by atoms with Crippen LogP contribution in [0, 0.1) is 17.1 Å². The largest absolute Gasteiger partial charge is 0.396 e. The van der Waals surface area contributed by atoms with E-state index in [0.717, 1.165) is 6.07 Å². The molecule has 0 atom stereocenters. The lowest BCUT2D eigenvalue weighted by molar-refractivity contribution is 0.102. The molecule has 7 heteroatoms. The van der Waals surface area contributed by atoms with Crippen molar-refractivity contribution in [2.75, 3.05) is 11.1 Å². The third-order valence-electron chi connectivity index (χ3n) is 2.68. The highest BCUT2D eigenvalue weighted by atomic mass is 79.9. The first-order valence-electron chi connectivity index (χ1n) is 5.68. The number of benzene rings is 2. The van der Waals surface area contributed by atoms with E-state index < -0.39 is 11.7 Å². The fraction of sp³-hybridized carbons (Fsp3) is 0. The van der Waals surface area contributed by atoms with Gasteiger partial charge in [-0.15, -0.1) is 0 Å². The Morgan fingerprint density at radius 1 is 1.38 bits per heavy atom. The summed E-state index contributed by atoms with van der Waals surface area (Å²) >= 11 is 8.99. The van der Waals surface area contributed by atoms with Gasteiger partial charge >= 0.3 is 0 Å². The highest BCUT2D eigenvalue weighted by Gasteiger charge is 2.14. The van der Waals surface area contributed by atoms with Crippen LogP contribution in [0.15, 0.2) is 34.8 Å². The molecule has 0 spiro atoms. The molecule has 0 heterocycles. The van der Waals surface area contributed by atoms with Gasteiger partial charge in [0.15, 0.2) is 0 Å². The van der Waals surface area contributed by atoms with Crippen LogP contribution in [0.2, 0.25) is 5.02 Å². The van der Waals surface area contributed by atoms with E-state index in [-0.39, 0.29) is 20.7 Å². The lowest BCUT2D eigenvalue weighted by Gasteiger charge is -2.09. The van der Waals surface area contributed by atoms with Crippen LogP contribution >= 0.6 is 27.5 Å². The van der Waals surface area contributed by atoms with Crippen LogP contribution < -0.4 is 11.1 Å². The molecule has 0 aliphatic rings. The Morgan fingerprint density at radius 2 is 2.10 bits per heavy atom. The Kier molecular flexibility index (Phi) is 4.46. The van der Waals surface area contributed by atoms with Crippen molar-refractivity contribution >= 4 is 44.8 Å². The Morgan fingerprint density at radius 3 is 2.71 bits per heavy atom. The summed E-state index contributed by atoms with van der Waals surface area (Å²) in [4.78, 5) is 12.1. The lowest BCUT2D eigenvalue weighted by Crippen LogP contribution is -2.13. The Bertz CT molecular complexity index is 774. The molecule has 0 bridgehead atoms. The van der Waals surface area contributed by atoms with Gasteiger partial charge in [0.25, 0.3) is 5.91 Å². The number of carbonyl (C=O) groups excluding carboxylic acids is 1. The maximum atomic E-state index is 13.3. The molecule has 1 amide bonds. The SMILES string of the molecule is N#Cc1ccc(NC(=O)c2cc(N)c(F)cc2Br)cc1Cl. The first-order valence-corrected chi connectivity index (χ1v) is 6.85. The molecule has 0 saturated heterocycles. The van der Waals surface area contributed by atoms with Crippen LogP contribution in [-0.4, -0.2) is 5.91 Å². The van der Waals surface area contributed by atoms with E-state index in [4.69, 9.17) is 22.6 Å². The maximum absolute atomic E-state index is 13.3. The lowest BCUT2D eigenvalue weighted by atomic mass is 10.1. The van der Waals surface area contributed by atoms with Crippen LogP contribution in [0.3, 0.4) is 0 Å². The number of amides is 1.